The third kappa shape index (κ3) is 4.81. The first kappa shape index (κ1) is 22.1. The Morgan fingerprint density at radius 3 is 2.59 bits per heavy atom. The van der Waals surface area contributed by atoms with Crippen LogP contribution in [0.3, 0.4) is 0 Å². The van der Waals surface area contributed by atoms with Crippen molar-refractivity contribution in [2.24, 2.45) is 5.92 Å². The number of nitrogens with zero attached hydrogens (tertiary/aromatic N) is 2. The highest BCUT2D eigenvalue weighted by Gasteiger charge is 2.24. The first-order valence-electron chi connectivity index (χ1n) is 11.9. The van der Waals surface area contributed by atoms with E-state index >= 15 is 0 Å². The number of aromatic nitrogens is 3. The van der Waals surface area contributed by atoms with Crippen molar-refractivity contribution in [2.75, 3.05) is 19.6 Å². The van der Waals surface area contributed by atoms with Gasteiger partial charge >= 0.3 is 0 Å². The number of unbranched alkanes of at least 4 members (excludes halogenated alkanes) is 1. The number of carbonyl (C=O) groups is 2. The Kier molecular flexibility index (Phi) is 6.29. The molecule has 176 valence electrons. The molecule has 5 rings (SSSR count). The lowest BCUT2D eigenvalue weighted by molar-refractivity contribution is 0.0681. The van der Waals surface area contributed by atoms with Gasteiger partial charge in [-0.1, -0.05) is 12.8 Å². The minimum absolute atomic E-state index is 0.0227. The van der Waals surface area contributed by atoms with Crippen molar-refractivity contribution in [3.63, 3.8) is 0 Å². The second kappa shape index (κ2) is 9.67. The maximum Gasteiger partial charge on any atom is 0.270 e. The number of carbonyl (C=O) groups excluding carboxylic acids is 2. The number of benzene rings is 1. The summed E-state index contributed by atoms with van der Waals surface area (Å²) in [6.45, 7) is 2.11. The van der Waals surface area contributed by atoms with Gasteiger partial charge in [-0.3, -0.25) is 14.6 Å². The first-order valence-corrected chi connectivity index (χ1v) is 11.9. The molecule has 1 aliphatic heterocycles. The van der Waals surface area contributed by atoms with Crippen LogP contribution in [0.25, 0.3) is 21.8 Å². The fraction of sp³-hybridized carbons (Fsp3) is 0.346. The second-order valence-electron chi connectivity index (χ2n) is 9.05. The Hall–Kier alpha value is -3.68. The van der Waals surface area contributed by atoms with Crippen LogP contribution in [0.15, 0.2) is 48.8 Å². The van der Waals surface area contributed by atoms with Gasteiger partial charge in [-0.2, -0.15) is 0 Å². The van der Waals surface area contributed by atoms with Crippen molar-refractivity contribution in [1.29, 1.82) is 0 Å². The van der Waals surface area contributed by atoms with Gasteiger partial charge in [0.15, 0.2) is 0 Å². The number of aromatic amines is 2. The Morgan fingerprint density at radius 1 is 1.00 bits per heavy atom. The summed E-state index contributed by atoms with van der Waals surface area (Å²) in [5.41, 5.74) is 2.75. The van der Waals surface area contributed by atoms with E-state index in [0.717, 1.165) is 61.6 Å². The number of nitrogens with one attached hydrogen (secondary N) is 3. The second-order valence-corrected chi connectivity index (χ2v) is 9.05. The molecule has 1 fully saturated rings. The molecule has 0 unspecified atom stereocenters. The molecule has 0 radical (unpaired) electrons. The average molecular weight is 462 g/mol. The molecule has 0 saturated carbocycles. The van der Waals surface area contributed by atoms with E-state index in [2.05, 4.69) is 20.3 Å². The molecule has 0 spiro atoms. The number of likely N-dealkylation sites (tertiary alicyclic amines) is 1. The monoisotopic (exact) mass is 461 g/mol. The van der Waals surface area contributed by atoms with Crippen LogP contribution in [0.5, 0.6) is 0 Å². The molecular weight excluding hydrogens is 433 g/mol. The molecule has 4 heterocycles. The van der Waals surface area contributed by atoms with Crippen LogP contribution in [0.1, 0.15) is 53.1 Å². The van der Waals surface area contributed by atoms with Crippen molar-refractivity contribution in [3.8, 4) is 0 Å². The summed E-state index contributed by atoms with van der Waals surface area (Å²) in [4.78, 5) is 37.4. The molecule has 0 bridgehead atoms. The summed E-state index contributed by atoms with van der Waals surface area (Å²) in [6.07, 6.45) is 8.48. The molecule has 7 nitrogen and oxygen atoms in total. The molecule has 4 aromatic rings. The molecule has 2 amide bonds. The minimum atomic E-state index is -0.304. The van der Waals surface area contributed by atoms with E-state index in [1.165, 1.54) is 12.1 Å². The van der Waals surface area contributed by atoms with Gasteiger partial charge in [-0.05, 0) is 61.6 Å². The number of fused-ring (bicyclic) bond motifs is 2. The number of hydrogen-bond donors (Lipinski definition) is 3. The highest BCUT2D eigenvalue weighted by Crippen LogP contribution is 2.25. The van der Waals surface area contributed by atoms with E-state index in [1.54, 1.807) is 24.5 Å². The molecule has 3 N–H and O–H groups in total. The van der Waals surface area contributed by atoms with Crippen LogP contribution in [-0.4, -0.2) is 51.3 Å². The van der Waals surface area contributed by atoms with Crippen LogP contribution in [0.4, 0.5) is 4.39 Å². The first-order chi connectivity index (χ1) is 16.6. The van der Waals surface area contributed by atoms with E-state index < -0.39 is 0 Å². The normalized spacial score (nSPS) is 14.7. The summed E-state index contributed by atoms with van der Waals surface area (Å²) in [7, 11) is 0. The number of pyridine rings is 1. The maximum absolute atomic E-state index is 13.4. The molecule has 1 saturated heterocycles. The fourth-order valence-corrected chi connectivity index (χ4v) is 4.76. The van der Waals surface area contributed by atoms with Gasteiger partial charge in [0.1, 0.15) is 17.2 Å². The summed E-state index contributed by atoms with van der Waals surface area (Å²) >= 11 is 0. The van der Waals surface area contributed by atoms with Gasteiger partial charge in [0.05, 0.1) is 0 Å². The summed E-state index contributed by atoms with van der Waals surface area (Å²) in [5.74, 6) is 0.173. The molecule has 3 aromatic heterocycles. The van der Waals surface area contributed by atoms with Gasteiger partial charge in [0.2, 0.25) is 0 Å². The number of H-pyrrole nitrogens is 2. The third-order valence-electron chi connectivity index (χ3n) is 6.71. The lowest BCUT2D eigenvalue weighted by Crippen LogP contribution is -2.38. The van der Waals surface area contributed by atoms with E-state index in [4.69, 9.17) is 0 Å². The Labute approximate surface area is 196 Å². The number of halogens is 1. The van der Waals surface area contributed by atoms with Crippen molar-refractivity contribution >= 4 is 33.6 Å². The largest absolute Gasteiger partial charge is 0.351 e. The maximum atomic E-state index is 13.4. The smallest absolute Gasteiger partial charge is 0.270 e. The van der Waals surface area contributed by atoms with Crippen LogP contribution >= 0.6 is 0 Å². The van der Waals surface area contributed by atoms with Crippen molar-refractivity contribution < 1.29 is 14.0 Å². The highest BCUT2D eigenvalue weighted by atomic mass is 19.1. The summed E-state index contributed by atoms with van der Waals surface area (Å²) < 4.78 is 13.4. The SMILES string of the molecule is O=C(NCCCCC1CCN(C(=O)c2cc3cc(F)ccc3[nH]2)CC1)c1cc2cnccc2[nH]1. The summed E-state index contributed by atoms with van der Waals surface area (Å²) in [5, 5.41) is 4.62. The highest BCUT2D eigenvalue weighted by molar-refractivity contribution is 5.98. The number of amides is 2. The average Bonchev–Trinajstić information content (AvgIpc) is 3.47. The van der Waals surface area contributed by atoms with Crippen molar-refractivity contribution in [1.82, 2.24) is 25.2 Å². The third-order valence-corrected chi connectivity index (χ3v) is 6.71. The lowest BCUT2D eigenvalue weighted by Gasteiger charge is -2.31. The number of hydrogen-bond acceptors (Lipinski definition) is 3. The predicted molar refractivity (Wildman–Crippen MR) is 129 cm³/mol. The Bertz CT molecular complexity index is 1290. The quantitative estimate of drug-likeness (QED) is 0.350. The van der Waals surface area contributed by atoms with E-state index in [1.807, 2.05) is 17.0 Å². The van der Waals surface area contributed by atoms with Crippen LogP contribution in [0.2, 0.25) is 0 Å². The fourth-order valence-electron chi connectivity index (χ4n) is 4.76. The van der Waals surface area contributed by atoms with E-state index in [0.29, 0.717) is 29.2 Å². The van der Waals surface area contributed by atoms with Crippen LogP contribution in [0, 0.1) is 11.7 Å². The van der Waals surface area contributed by atoms with Crippen LogP contribution in [-0.2, 0) is 0 Å². The van der Waals surface area contributed by atoms with E-state index in [-0.39, 0.29) is 17.6 Å². The van der Waals surface area contributed by atoms with Gasteiger partial charge in [-0.25, -0.2) is 4.39 Å². The minimum Gasteiger partial charge on any atom is -0.351 e. The van der Waals surface area contributed by atoms with Crippen molar-refractivity contribution in [3.05, 3.63) is 66.0 Å². The van der Waals surface area contributed by atoms with Gasteiger partial charge in [0.25, 0.3) is 11.8 Å². The molecule has 8 heteroatoms. The molecule has 1 aliphatic rings. The van der Waals surface area contributed by atoms with Crippen molar-refractivity contribution in [2.45, 2.75) is 32.1 Å². The molecule has 34 heavy (non-hydrogen) atoms. The molecule has 0 atom stereocenters. The topological polar surface area (TPSA) is 93.9 Å². The van der Waals surface area contributed by atoms with Crippen LogP contribution < -0.4 is 5.32 Å². The number of rotatable bonds is 7. The molecular formula is C26H28FN5O2. The zero-order chi connectivity index (χ0) is 23.5. The zero-order valence-electron chi connectivity index (χ0n) is 18.9. The van der Waals surface area contributed by atoms with Gasteiger partial charge < -0.3 is 20.2 Å². The Morgan fingerprint density at radius 2 is 1.76 bits per heavy atom. The van der Waals surface area contributed by atoms with Gasteiger partial charge in [-0.15, -0.1) is 0 Å². The Balaban J connectivity index is 1.02. The zero-order valence-corrected chi connectivity index (χ0v) is 18.9. The summed E-state index contributed by atoms with van der Waals surface area (Å²) in [6, 6.07) is 9.90. The number of piperidine rings is 1. The molecule has 0 aliphatic carbocycles. The van der Waals surface area contributed by atoms with Gasteiger partial charge in [0, 0.05) is 53.8 Å². The standard InChI is InChI=1S/C26H28FN5O2/c27-20-4-5-21-18(13-20)14-24(31-21)26(34)32-11-7-17(8-12-32)3-1-2-9-29-25(33)23-15-19-16-28-10-6-22(19)30-23/h4-6,10,13-17,30-31H,1-3,7-9,11-12H2,(H,29,33). The lowest BCUT2D eigenvalue weighted by atomic mass is 9.91. The molecule has 1 aromatic carbocycles. The predicted octanol–water partition coefficient (Wildman–Crippen LogP) is 4.64. The van der Waals surface area contributed by atoms with E-state index in [9.17, 15) is 14.0 Å².